The van der Waals surface area contributed by atoms with E-state index in [9.17, 15) is 0 Å². The minimum absolute atomic E-state index is 0.747. The van der Waals surface area contributed by atoms with Gasteiger partial charge in [-0.3, -0.25) is 0 Å². The van der Waals surface area contributed by atoms with Gasteiger partial charge in [-0.2, -0.15) is 11.8 Å². The van der Waals surface area contributed by atoms with Crippen molar-refractivity contribution in [3.8, 4) is 0 Å². The fraction of sp³-hybridized carbons (Fsp3) is 1.00. The molecule has 1 aliphatic heterocycles. The first kappa shape index (κ1) is 12.3. The van der Waals surface area contributed by atoms with Gasteiger partial charge in [0, 0.05) is 25.0 Å². The molecule has 1 fully saturated rings. The largest absolute Gasteiger partial charge is 0.385 e. The Labute approximate surface area is 92.2 Å². The molecule has 0 bridgehead atoms. The Morgan fingerprint density at radius 3 is 3.00 bits per heavy atom. The Morgan fingerprint density at radius 2 is 2.29 bits per heavy atom. The summed E-state index contributed by atoms with van der Waals surface area (Å²) in [6.45, 7) is 4.40. The van der Waals surface area contributed by atoms with Crippen molar-refractivity contribution >= 4 is 11.8 Å². The van der Waals surface area contributed by atoms with Gasteiger partial charge in [0.25, 0.3) is 0 Å². The summed E-state index contributed by atoms with van der Waals surface area (Å²) in [6, 6.07) is 0.747. The highest BCUT2D eigenvalue weighted by Gasteiger charge is 2.20. The summed E-state index contributed by atoms with van der Waals surface area (Å²) < 4.78 is 5.02. The average Bonchev–Trinajstić information content (AvgIpc) is 2.20. The fourth-order valence-electron chi connectivity index (χ4n) is 1.85. The van der Waals surface area contributed by atoms with Crippen LogP contribution >= 0.6 is 11.8 Å². The zero-order valence-electron chi connectivity index (χ0n) is 9.42. The van der Waals surface area contributed by atoms with Crippen molar-refractivity contribution in [2.75, 3.05) is 26.0 Å². The van der Waals surface area contributed by atoms with Gasteiger partial charge in [0.05, 0.1) is 0 Å². The molecule has 0 saturated carbocycles. The third-order valence-corrected chi connectivity index (χ3v) is 4.17. The first-order chi connectivity index (χ1) is 6.84. The summed E-state index contributed by atoms with van der Waals surface area (Å²) in [5.41, 5.74) is 0. The maximum Gasteiger partial charge on any atom is 0.0462 e. The van der Waals surface area contributed by atoms with Crippen molar-refractivity contribution in [1.82, 2.24) is 5.32 Å². The van der Waals surface area contributed by atoms with Crippen LogP contribution in [0.15, 0.2) is 0 Å². The summed E-state index contributed by atoms with van der Waals surface area (Å²) in [5, 5.41) is 4.45. The standard InChI is InChI=1S/C11H23NOS/c1-10-11(6-5-9-14-10)12-7-3-4-8-13-2/h10-12H,3-9H2,1-2H3. The molecule has 1 aliphatic rings. The van der Waals surface area contributed by atoms with Crippen LogP contribution in [0.2, 0.25) is 0 Å². The average molecular weight is 217 g/mol. The third-order valence-electron chi connectivity index (χ3n) is 2.79. The molecule has 2 unspecified atom stereocenters. The van der Waals surface area contributed by atoms with Crippen molar-refractivity contribution in [3.63, 3.8) is 0 Å². The van der Waals surface area contributed by atoms with E-state index in [0.29, 0.717) is 0 Å². The number of hydrogen-bond acceptors (Lipinski definition) is 3. The van der Waals surface area contributed by atoms with Crippen LogP contribution in [0.4, 0.5) is 0 Å². The second kappa shape index (κ2) is 7.55. The number of ether oxygens (including phenoxy) is 1. The Morgan fingerprint density at radius 1 is 1.43 bits per heavy atom. The van der Waals surface area contributed by atoms with E-state index in [1.54, 1.807) is 7.11 Å². The van der Waals surface area contributed by atoms with Gasteiger partial charge in [-0.1, -0.05) is 6.92 Å². The van der Waals surface area contributed by atoms with E-state index in [1.165, 1.54) is 31.4 Å². The van der Waals surface area contributed by atoms with Crippen LogP contribution in [0.1, 0.15) is 32.6 Å². The van der Waals surface area contributed by atoms with Crippen molar-refractivity contribution in [2.24, 2.45) is 0 Å². The summed E-state index contributed by atoms with van der Waals surface area (Å²) in [4.78, 5) is 0. The maximum absolute atomic E-state index is 5.02. The maximum atomic E-state index is 5.02. The monoisotopic (exact) mass is 217 g/mol. The molecule has 0 amide bonds. The van der Waals surface area contributed by atoms with Crippen LogP contribution in [-0.4, -0.2) is 37.3 Å². The third kappa shape index (κ3) is 4.67. The molecule has 1 rings (SSSR count). The molecule has 2 atom stereocenters. The predicted molar refractivity (Wildman–Crippen MR) is 64.1 cm³/mol. The second-order valence-corrected chi connectivity index (χ2v) is 5.46. The lowest BCUT2D eigenvalue weighted by molar-refractivity contribution is 0.192. The molecule has 0 spiro atoms. The van der Waals surface area contributed by atoms with Gasteiger partial charge in [0.15, 0.2) is 0 Å². The zero-order chi connectivity index (χ0) is 10.2. The first-order valence-corrected chi connectivity index (χ1v) is 6.73. The predicted octanol–water partition coefficient (Wildman–Crippen LogP) is 2.29. The molecule has 1 N–H and O–H groups in total. The van der Waals surface area contributed by atoms with Crippen LogP contribution in [0, 0.1) is 0 Å². The van der Waals surface area contributed by atoms with E-state index >= 15 is 0 Å². The van der Waals surface area contributed by atoms with E-state index in [-0.39, 0.29) is 0 Å². The molecule has 0 aliphatic carbocycles. The van der Waals surface area contributed by atoms with Gasteiger partial charge >= 0.3 is 0 Å². The molecule has 14 heavy (non-hydrogen) atoms. The number of hydrogen-bond donors (Lipinski definition) is 1. The summed E-state index contributed by atoms with van der Waals surface area (Å²) in [5.74, 6) is 1.35. The summed E-state index contributed by atoms with van der Waals surface area (Å²) in [7, 11) is 1.77. The molecule has 0 aromatic carbocycles. The molecule has 2 nitrogen and oxygen atoms in total. The summed E-state index contributed by atoms with van der Waals surface area (Å²) in [6.07, 6.45) is 5.16. The van der Waals surface area contributed by atoms with E-state index < -0.39 is 0 Å². The second-order valence-electron chi connectivity index (χ2n) is 3.98. The molecule has 3 heteroatoms. The SMILES string of the molecule is COCCCCNC1CCCSC1C. The number of rotatable bonds is 6. The van der Waals surface area contributed by atoms with Gasteiger partial charge in [-0.25, -0.2) is 0 Å². The lowest BCUT2D eigenvalue weighted by Crippen LogP contribution is -2.39. The first-order valence-electron chi connectivity index (χ1n) is 5.68. The van der Waals surface area contributed by atoms with E-state index in [2.05, 4.69) is 24.0 Å². The van der Waals surface area contributed by atoms with Gasteiger partial charge in [0.2, 0.25) is 0 Å². The Hall–Kier alpha value is 0.270. The molecule has 1 heterocycles. The minimum Gasteiger partial charge on any atom is -0.385 e. The van der Waals surface area contributed by atoms with Crippen molar-refractivity contribution in [1.29, 1.82) is 0 Å². The van der Waals surface area contributed by atoms with Crippen molar-refractivity contribution in [2.45, 2.75) is 43.9 Å². The highest BCUT2D eigenvalue weighted by atomic mass is 32.2. The van der Waals surface area contributed by atoms with Crippen molar-refractivity contribution < 1.29 is 4.74 Å². The molecular formula is C11H23NOS. The number of methoxy groups -OCH3 is 1. The lowest BCUT2D eigenvalue weighted by Gasteiger charge is -2.29. The number of nitrogens with one attached hydrogen (secondary N) is 1. The minimum atomic E-state index is 0.747. The highest BCUT2D eigenvalue weighted by Crippen LogP contribution is 2.24. The van der Waals surface area contributed by atoms with Crippen LogP contribution in [0.3, 0.4) is 0 Å². The molecule has 0 aromatic rings. The van der Waals surface area contributed by atoms with Crippen LogP contribution < -0.4 is 5.32 Å². The Bertz CT molecular complexity index is 143. The van der Waals surface area contributed by atoms with E-state index in [0.717, 1.165) is 24.4 Å². The molecule has 0 aromatic heterocycles. The van der Waals surface area contributed by atoms with Crippen LogP contribution in [-0.2, 0) is 4.74 Å². The topological polar surface area (TPSA) is 21.3 Å². The quantitative estimate of drug-likeness (QED) is 0.690. The summed E-state index contributed by atoms with van der Waals surface area (Å²) >= 11 is 2.11. The van der Waals surface area contributed by atoms with Gasteiger partial charge < -0.3 is 10.1 Å². The Kier molecular flexibility index (Phi) is 6.65. The van der Waals surface area contributed by atoms with E-state index in [4.69, 9.17) is 4.74 Å². The zero-order valence-corrected chi connectivity index (χ0v) is 10.2. The van der Waals surface area contributed by atoms with Gasteiger partial charge in [-0.05, 0) is 38.0 Å². The molecule has 1 saturated heterocycles. The number of thioether (sulfide) groups is 1. The Balaban J connectivity index is 1.99. The van der Waals surface area contributed by atoms with Crippen LogP contribution in [0.25, 0.3) is 0 Å². The highest BCUT2D eigenvalue weighted by molar-refractivity contribution is 7.99. The van der Waals surface area contributed by atoms with Gasteiger partial charge in [0.1, 0.15) is 0 Å². The molecule has 0 radical (unpaired) electrons. The van der Waals surface area contributed by atoms with E-state index in [1.807, 2.05) is 0 Å². The fourth-order valence-corrected chi connectivity index (χ4v) is 3.02. The normalized spacial score (nSPS) is 27.9. The number of unbranched alkanes of at least 4 members (excludes halogenated alkanes) is 1. The molecule has 84 valence electrons. The smallest absolute Gasteiger partial charge is 0.0462 e. The van der Waals surface area contributed by atoms with Crippen LogP contribution in [0.5, 0.6) is 0 Å². The lowest BCUT2D eigenvalue weighted by atomic mass is 10.1. The molecular weight excluding hydrogens is 194 g/mol. The van der Waals surface area contributed by atoms with Gasteiger partial charge in [-0.15, -0.1) is 0 Å². The van der Waals surface area contributed by atoms with Crippen molar-refractivity contribution in [3.05, 3.63) is 0 Å².